The molecule has 1 aliphatic heterocycles. The summed E-state index contributed by atoms with van der Waals surface area (Å²) in [6, 6.07) is 0.300. The Bertz CT molecular complexity index is 494. The van der Waals surface area contributed by atoms with E-state index in [2.05, 4.69) is 14.9 Å². The number of aryl methyl sites for hydroxylation is 1. The molecule has 1 N–H and O–H groups in total. The predicted octanol–water partition coefficient (Wildman–Crippen LogP) is 0.0427. The Balaban J connectivity index is 2.18. The van der Waals surface area contributed by atoms with Crippen LogP contribution in [-0.4, -0.2) is 60.8 Å². The summed E-state index contributed by atoms with van der Waals surface area (Å²) >= 11 is 0. The molecule has 1 aliphatic rings. The minimum absolute atomic E-state index is 0.189. The highest BCUT2D eigenvalue weighted by atomic mass is 32.2. The molecule has 1 fully saturated rings. The molecule has 0 aromatic carbocycles. The zero-order valence-electron chi connectivity index (χ0n) is 10.3. The average molecular weight is 258 g/mol. The fourth-order valence-electron chi connectivity index (χ4n) is 2.02. The van der Waals surface area contributed by atoms with Gasteiger partial charge in [-0.2, -0.15) is 4.31 Å². The van der Waals surface area contributed by atoms with Gasteiger partial charge in [0.1, 0.15) is 5.82 Å². The van der Waals surface area contributed by atoms with Gasteiger partial charge in [-0.3, -0.25) is 0 Å². The first-order valence-electron chi connectivity index (χ1n) is 5.59. The van der Waals surface area contributed by atoms with Gasteiger partial charge in [0.05, 0.1) is 6.20 Å². The lowest BCUT2D eigenvalue weighted by Gasteiger charge is -2.19. The number of likely N-dealkylation sites (N-methyl/N-ethyl adjacent to an activating group) is 1. The van der Waals surface area contributed by atoms with Crippen LogP contribution in [0.15, 0.2) is 11.2 Å². The summed E-state index contributed by atoms with van der Waals surface area (Å²) in [5.74, 6) is 0.618. The number of hydrogen-bond acceptors (Lipinski definition) is 4. The number of aromatic amines is 1. The van der Waals surface area contributed by atoms with Crippen molar-refractivity contribution in [3.8, 4) is 0 Å². The fourth-order valence-corrected chi connectivity index (χ4v) is 3.47. The van der Waals surface area contributed by atoms with Gasteiger partial charge in [-0.25, -0.2) is 13.4 Å². The molecule has 0 amide bonds. The highest BCUT2D eigenvalue weighted by molar-refractivity contribution is 7.89. The van der Waals surface area contributed by atoms with E-state index >= 15 is 0 Å². The van der Waals surface area contributed by atoms with Crippen LogP contribution in [0.25, 0.3) is 0 Å². The topological polar surface area (TPSA) is 69.3 Å². The van der Waals surface area contributed by atoms with E-state index in [1.807, 2.05) is 14.1 Å². The van der Waals surface area contributed by atoms with Crippen LogP contribution in [0, 0.1) is 6.92 Å². The Morgan fingerprint density at radius 3 is 2.71 bits per heavy atom. The van der Waals surface area contributed by atoms with Crippen LogP contribution in [0.5, 0.6) is 0 Å². The van der Waals surface area contributed by atoms with Crippen LogP contribution in [0.3, 0.4) is 0 Å². The minimum atomic E-state index is -3.40. The summed E-state index contributed by atoms with van der Waals surface area (Å²) in [5.41, 5.74) is 0. The lowest BCUT2D eigenvalue weighted by Crippen LogP contribution is -2.34. The van der Waals surface area contributed by atoms with Crippen LogP contribution in [0.1, 0.15) is 12.2 Å². The molecule has 6 nitrogen and oxygen atoms in total. The average Bonchev–Trinajstić information content (AvgIpc) is 2.85. The molecule has 1 aromatic heterocycles. The maximum Gasteiger partial charge on any atom is 0.260 e. The molecule has 1 unspecified atom stereocenters. The van der Waals surface area contributed by atoms with Gasteiger partial charge in [0.15, 0.2) is 5.03 Å². The molecular weight excluding hydrogens is 240 g/mol. The van der Waals surface area contributed by atoms with Crippen molar-refractivity contribution in [2.75, 3.05) is 27.2 Å². The SMILES string of the molecule is Cc1ncc(S(=O)(=O)N2CCC(N(C)C)C2)[nH]1. The zero-order valence-corrected chi connectivity index (χ0v) is 11.2. The van der Waals surface area contributed by atoms with Crippen LogP contribution < -0.4 is 0 Å². The Hall–Kier alpha value is -0.920. The Morgan fingerprint density at radius 2 is 2.24 bits per heavy atom. The Kier molecular flexibility index (Phi) is 3.24. The zero-order chi connectivity index (χ0) is 12.6. The number of sulfonamides is 1. The van der Waals surface area contributed by atoms with Crippen molar-refractivity contribution in [3.63, 3.8) is 0 Å². The van der Waals surface area contributed by atoms with Crippen LogP contribution in [0.2, 0.25) is 0 Å². The number of H-pyrrole nitrogens is 1. The molecule has 2 rings (SSSR count). The standard InChI is InChI=1S/C10H18N4O2S/c1-8-11-6-10(12-8)17(15,16)14-5-4-9(7-14)13(2)3/h6,9H,4-5,7H2,1-3H3,(H,11,12). The van der Waals surface area contributed by atoms with E-state index in [-0.39, 0.29) is 5.03 Å². The second kappa shape index (κ2) is 4.40. The highest BCUT2D eigenvalue weighted by Crippen LogP contribution is 2.21. The molecule has 1 aromatic rings. The molecule has 17 heavy (non-hydrogen) atoms. The maximum atomic E-state index is 12.3. The van der Waals surface area contributed by atoms with Crippen molar-refractivity contribution in [2.45, 2.75) is 24.4 Å². The summed E-state index contributed by atoms with van der Waals surface area (Å²) in [6.07, 6.45) is 2.26. The molecule has 7 heteroatoms. The molecule has 2 heterocycles. The van der Waals surface area contributed by atoms with Gasteiger partial charge >= 0.3 is 0 Å². The largest absolute Gasteiger partial charge is 0.332 e. The lowest BCUT2D eigenvalue weighted by molar-refractivity contribution is 0.302. The second-order valence-electron chi connectivity index (χ2n) is 4.60. The van der Waals surface area contributed by atoms with E-state index in [0.29, 0.717) is 25.0 Å². The lowest BCUT2D eigenvalue weighted by atomic mass is 10.2. The van der Waals surface area contributed by atoms with E-state index in [1.54, 1.807) is 6.92 Å². The van der Waals surface area contributed by atoms with Crippen molar-refractivity contribution in [1.29, 1.82) is 0 Å². The second-order valence-corrected chi connectivity index (χ2v) is 6.51. The van der Waals surface area contributed by atoms with E-state index in [0.717, 1.165) is 6.42 Å². The molecular formula is C10H18N4O2S. The minimum Gasteiger partial charge on any atom is -0.332 e. The van der Waals surface area contributed by atoms with Gasteiger partial charge in [0, 0.05) is 19.1 Å². The molecule has 1 atom stereocenters. The first kappa shape index (κ1) is 12.5. The first-order valence-corrected chi connectivity index (χ1v) is 7.03. The van der Waals surface area contributed by atoms with Crippen molar-refractivity contribution in [1.82, 2.24) is 19.2 Å². The van der Waals surface area contributed by atoms with Gasteiger partial charge in [-0.05, 0) is 27.4 Å². The third kappa shape index (κ3) is 2.36. The van der Waals surface area contributed by atoms with Crippen molar-refractivity contribution < 1.29 is 8.42 Å². The van der Waals surface area contributed by atoms with Crippen molar-refractivity contribution in [2.24, 2.45) is 0 Å². The monoisotopic (exact) mass is 258 g/mol. The molecule has 0 bridgehead atoms. The van der Waals surface area contributed by atoms with Crippen LogP contribution in [0.4, 0.5) is 0 Å². The molecule has 0 radical (unpaired) electrons. The Morgan fingerprint density at radius 1 is 1.53 bits per heavy atom. The third-order valence-corrected chi connectivity index (χ3v) is 4.93. The van der Waals surface area contributed by atoms with Crippen molar-refractivity contribution >= 4 is 10.0 Å². The summed E-state index contributed by atoms with van der Waals surface area (Å²) in [7, 11) is 0.551. The number of imidazole rings is 1. The van der Waals surface area contributed by atoms with E-state index < -0.39 is 10.0 Å². The van der Waals surface area contributed by atoms with Gasteiger partial charge in [0.2, 0.25) is 0 Å². The predicted molar refractivity (Wildman–Crippen MR) is 64.2 cm³/mol. The molecule has 0 saturated carbocycles. The summed E-state index contributed by atoms with van der Waals surface area (Å²) < 4.78 is 26.0. The summed E-state index contributed by atoms with van der Waals surface area (Å²) in [6.45, 7) is 2.86. The number of rotatable bonds is 3. The quantitative estimate of drug-likeness (QED) is 0.831. The smallest absolute Gasteiger partial charge is 0.260 e. The fraction of sp³-hybridized carbons (Fsp3) is 0.700. The van der Waals surface area contributed by atoms with E-state index in [9.17, 15) is 8.42 Å². The molecule has 0 aliphatic carbocycles. The van der Waals surface area contributed by atoms with Gasteiger partial charge < -0.3 is 9.88 Å². The number of nitrogens with one attached hydrogen (secondary N) is 1. The third-order valence-electron chi connectivity index (χ3n) is 3.15. The Labute approximate surface area is 102 Å². The van der Waals surface area contributed by atoms with Gasteiger partial charge in [0.25, 0.3) is 10.0 Å². The highest BCUT2D eigenvalue weighted by Gasteiger charge is 2.34. The number of nitrogens with zero attached hydrogens (tertiary/aromatic N) is 3. The molecule has 0 spiro atoms. The first-order chi connectivity index (χ1) is 7.91. The normalized spacial score (nSPS) is 22.5. The van der Waals surface area contributed by atoms with Crippen LogP contribution >= 0.6 is 0 Å². The van der Waals surface area contributed by atoms with E-state index in [1.165, 1.54) is 10.5 Å². The summed E-state index contributed by atoms with van der Waals surface area (Å²) in [5, 5.41) is 0.189. The summed E-state index contributed by atoms with van der Waals surface area (Å²) in [4.78, 5) is 8.78. The number of aromatic nitrogens is 2. The van der Waals surface area contributed by atoms with Crippen molar-refractivity contribution in [3.05, 3.63) is 12.0 Å². The molecule has 1 saturated heterocycles. The maximum absolute atomic E-state index is 12.3. The molecule has 96 valence electrons. The van der Waals surface area contributed by atoms with Gasteiger partial charge in [-0.1, -0.05) is 0 Å². The van der Waals surface area contributed by atoms with Gasteiger partial charge in [-0.15, -0.1) is 0 Å². The van der Waals surface area contributed by atoms with E-state index in [4.69, 9.17) is 0 Å². The van der Waals surface area contributed by atoms with Crippen LogP contribution in [-0.2, 0) is 10.0 Å². The number of hydrogen-bond donors (Lipinski definition) is 1.